The van der Waals surface area contributed by atoms with Crippen molar-refractivity contribution in [1.29, 1.82) is 0 Å². The van der Waals surface area contributed by atoms with Crippen LogP contribution in [0.2, 0.25) is 0 Å². The number of carbonyl (C=O) groups excluding carboxylic acids is 2. The Morgan fingerprint density at radius 3 is 2.04 bits per heavy atom. The van der Waals surface area contributed by atoms with Gasteiger partial charge in [-0.2, -0.15) is 0 Å². The van der Waals surface area contributed by atoms with E-state index in [1.54, 1.807) is 12.1 Å². The molecule has 0 aromatic heterocycles. The highest BCUT2D eigenvalue weighted by Gasteiger charge is 2.42. The van der Waals surface area contributed by atoms with Gasteiger partial charge in [-0.1, -0.05) is 6.42 Å². The summed E-state index contributed by atoms with van der Waals surface area (Å²) < 4.78 is 13.0. The number of ketones is 1. The van der Waals surface area contributed by atoms with Crippen LogP contribution in [-0.4, -0.2) is 29.7 Å². The van der Waals surface area contributed by atoms with Gasteiger partial charge in [0.05, 0.1) is 0 Å². The molecule has 1 aliphatic heterocycles. The Morgan fingerprint density at radius 2 is 1.50 bits per heavy atom. The normalized spacial score (nSPS) is 23.7. The van der Waals surface area contributed by atoms with Crippen molar-refractivity contribution in [1.82, 2.24) is 4.90 Å². The molecule has 1 saturated heterocycles. The predicted octanol–water partition coefficient (Wildman–Crippen LogP) is 4.61. The smallest absolute Gasteiger partial charge is 0.225 e. The van der Waals surface area contributed by atoms with Crippen LogP contribution in [-0.2, 0) is 4.79 Å². The molecule has 0 bridgehead atoms. The topological polar surface area (TPSA) is 37.4 Å². The third-order valence-electron chi connectivity index (χ3n) is 7.12. The number of amides is 1. The Morgan fingerprint density at radius 1 is 0.885 bits per heavy atom. The Bertz CT molecular complexity index is 662. The molecule has 0 unspecified atom stereocenters. The molecule has 0 atom stereocenters. The lowest BCUT2D eigenvalue weighted by Crippen LogP contribution is -2.45. The first kappa shape index (κ1) is 17.7. The van der Waals surface area contributed by atoms with Gasteiger partial charge in [0.25, 0.3) is 0 Å². The molecule has 1 aromatic carbocycles. The van der Waals surface area contributed by atoms with Gasteiger partial charge in [0.2, 0.25) is 5.91 Å². The average molecular weight is 357 g/mol. The summed E-state index contributed by atoms with van der Waals surface area (Å²) in [5, 5.41) is 0. The molecule has 0 N–H and O–H groups in total. The molecule has 3 nitrogen and oxygen atoms in total. The van der Waals surface area contributed by atoms with Gasteiger partial charge in [-0.25, -0.2) is 4.39 Å². The van der Waals surface area contributed by atoms with Crippen molar-refractivity contribution in [2.75, 3.05) is 13.1 Å². The largest absolute Gasteiger partial charge is 0.342 e. The molecule has 1 amide bonds. The maximum atomic E-state index is 13.0. The van der Waals surface area contributed by atoms with Crippen LogP contribution < -0.4 is 0 Å². The van der Waals surface area contributed by atoms with Crippen molar-refractivity contribution in [2.24, 2.45) is 17.3 Å². The number of rotatable bonds is 3. The lowest BCUT2D eigenvalue weighted by Gasteiger charge is -2.47. The second-order valence-corrected chi connectivity index (χ2v) is 8.60. The molecule has 2 aliphatic carbocycles. The number of carbonyl (C=O) groups is 2. The van der Waals surface area contributed by atoms with Crippen molar-refractivity contribution in [2.45, 2.75) is 57.8 Å². The second-order valence-electron chi connectivity index (χ2n) is 8.60. The second kappa shape index (κ2) is 7.13. The van der Waals surface area contributed by atoms with E-state index in [1.165, 1.54) is 44.2 Å². The van der Waals surface area contributed by atoms with Gasteiger partial charge in [-0.15, -0.1) is 0 Å². The van der Waals surface area contributed by atoms with E-state index < -0.39 is 0 Å². The highest BCUT2D eigenvalue weighted by molar-refractivity contribution is 5.98. The van der Waals surface area contributed by atoms with E-state index in [9.17, 15) is 14.0 Å². The summed E-state index contributed by atoms with van der Waals surface area (Å²) in [7, 11) is 0. The fourth-order valence-corrected chi connectivity index (χ4v) is 5.12. The minimum absolute atomic E-state index is 0.0471. The quantitative estimate of drug-likeness (QED) is 0.741. The van der Waals surface area contributed by atoms with Crippen molar-refractivity contribution < 1.29 is 14.0 Å². The molecule has 1 aromatic rings. The van der Waals surface area contributed by atoms with Crippen LogP contribution in [0.4, 0.5) is 4.39 Å². The van der Waals surface area contributed by atoms with Gasteiger partial charge in [0.15, 0.2) is 5.78 Å². The zero-order valence-electron chi connectivity index (χ0n) is 15.4. The molecule has 4 rings (SSSR count). The number of hydrogen-bond acceptors (Lipinski definition) is 2. The summed E-state index contributed by atoms with van der Waals surface area (Å²) in [5.41, 5.74) is 1.17. The van der Waals surface area contributed by atoms with Crippen LogP contribution in [0.3, 0.4) is 0 Å². The van der Waals surface area contributed by atoms with Crippen molar-refractivity contribution >= 4 is 11.7 Å². The van der Waals surface area contributed by atoms with E-state index in [0.29, 0.717) is 30.0 Å². The number of benzene rings is 1. The minimum atomic E-state index is -0.321. The Kier molecular flexibility index (Phi) is 4.85. The molecule has 1 spiro atoms. The average Bonchev–Trinajstić information content (AvgIpc) is 2.66. The Labute approximate surface area is 155 Å². The molecule has 3 fully saturated rings. The number of likely N-dealkylation sites (tertiary alicyclic amines) is 1. The summed E-state index contributed by atoms with van der Waals surface area (Å²) in [5.74, 6) is 0.228. The van der Waals surface area contributed by atoms with Gasteiger partial charge in [0.1, 0.15) is 5.82 Å². The van der Waals surface area contributed by atoms with Gasteiger partial charge < -0.3 is 4.90 Å². The van der Waals surface area contributed by atoms with Crippen LogP contribution in [0.15, 0.2) is 24.3 Å². The van der Waals surface area contributed by atoms with Crippen molar-refractivity contribution in [3.05, 3.63) is 35.6 Å². The molecule has 3 aliphatic rings. The number of Topliss-reactive ketones (excluding diaryl/α,β-unsaturated/α-hetero) is 1. The van der Waals surface area contributed by atoms with Crippen LogP contribution in [0.25, 0.3) is 0 Å². The third-order valence-corrected chi connectivity index (χ3v) is 7.12. The van der Waals surface area contributed by atoms with E-state index in [1.807, 2.05) is 4.90 Å². The Balaban J connectivity index is 1.28. The van der Waals surface area contributed by atoms with E-state index in [-0.39, 0.29) is 23.4 Å². The number of hydrogen-bond donors (Lipinski definition) is 0. The highest BCUT2D eigenvalue weighted by Crippen LogP contribution is 2.52. The van der Waals surface area contributed by atoms with Crippen molar-refractivity contribution in [3.63, 3.8) is 0 Å². The standard InChI is InChI=1S/C22H28FNO2/c23-19-4-2-16(3-5-19)20(25)17-8-14-24(15-9-17)21(26)18-6-12-22(13-7-18)10-1-11-22/h2-5,17-18H,1,6-15H2. The van der Waals surface area contributed by atoms with E-state index in [4.69, 9.17) is 0 Å². The van der Waals surface area contributed by atoms with Crippen molar-refractivity contribution in [3.8, 4) is 0 Å². The molecule has 4 heteroatoms. The van der Waals surface area contributed by atoms with Crippen LogP contribution in [0, 0.1) is 23.1 Å². The number of nitrogens with zero attached hydrogens (tertiary/aromatic N) is 1. The maximum absolute atomic E-state index is 13.0. The molecule has 0 radical (unpaired) electrons. The summed E-state index contributed by atoms with van der Waals surface area (Å²) in [6.45, 7) is 1.36. The van der Waals surface area contributed by atoms with Gasteiger partial charge in [-0.3, -0.25) is 9.59 Å². The van der Waals surface area contributed by atoms with Gasteiger partial charge >= 0.3 is 0 Å². The first-order valence-corrected chi connectivity index (χ1v) is 10.1. The number of piperidine rings is 1. The lowest BCUT2D eigenvalue weighted by atomic mass is 9.59. The first-order chi connectivity index (χ1) is 12.6. The molecule has 2 saturated carbocycles. The SMILES string of the molecule is O=C(c1ccc(F)cc1)C1CCN(C(=O)C2CCC3(CCC3)CC2)CC1. The fraction of sp³-hybridized carbons (Fsp3) is 0.636. The summed E-state index contributed by atoms with van der Waals surface area (Å²) in [6, 6.07) is 5.80. The monoisotopic (exact) mass is 357 g/mol. The minimum Gasteiger partial charge on any atom is -0.342 e. The van der Waals surface area contributed by atoms with E-state index in [2.05, 4.69) is 0 Å². The van der Waals surface area contributed by atoms with Gasteiger partial charge in [-0.05, 0) is 81.0 Å². The molecular formula is C22H28FNO2. The molecule has 26 heavy (non-hydrogen) atoms. The Hall–Kier alpha value is -1.71. The van der Waals surface area contributed by atoms with Gasteiger partial charge in [0, 0.05) is 30.5 Å². The first-order valence-electron chi connectivity index (χ1n) is 10.1. The molecule has 1 heterocycles. The predicted molar refractivity (Wildman–Crippen MR) is 98.3 cm³/mol. The summed E-state index contributed by atoms with van der Waals surface area (Å²) >= 11 is 0. The zero-order valence-corrected chi connectivity index (χ0v) is 15.4. The van der Waals surface area contributed by atoms with E-state index in [0.717, 1.165) is 25.7 Å². The molecule has 140 valence electrons. The third kappa shape index (κ3) is 3.43. The number of halogens is 1. The summed E-state index contributed by atoms with van der Waals surface area (Å²) in [6.07, 6.45) is 10.1. The lowest BCUT2D eigenvalue weighted by molar-refractivity contribution is -0.139. The highest BCUT2D eigenvalue weighted by atomic mass is 19.1. The molecular weight excluding hydrogens is 329 g/mol. The van der Waals surface area contributed by atoms with Crippen LogP contribution in [0.1, 0.15) is 68.1 Å². The zero-order chi connectivity index (χ0) is 18.1. The fourth-order valence-electron chi connectivity index (χ4n) is 5.12. The summed E-state index contributed by atoms with van der Waals surface area (Å²) in [4.78, 5) is 27.4. The maximum Gasteiger partial charge on any atom is 0.225 e. The van der Waals surface area contributed by atoms with Crippen LogP contribution >= 0.6 is 0 Å². The van der Waals surface area contributed by atoms with E-state index >= 15 is 0 Å². The van der Waals surface area contributed by atoms with Crippen LogP contribution in [0.5, 0.6) is 0 Å².